The first-order valence-electron chi connectivity index (χ1n) is 10.1. The number of anilines is 1. The third-order valence-electron chi connectivity index (χ3n) is 4.75. The maximum absolute atomic E-state index is 13.1. The maximum Gasteiger partial charge on any atom is 0.357 e. The second kappa shape index (κ2) is 10.4. The average molecular weight is 475 g/mol. The Morgan fingerprint density at radius 2 is 1.82 bits per heavy atom. The van der Waals surface area contributed by atoms with Crippen LogP contribution in [0.5, 0.6) is 0 Å². The summed E-state index contributed by atoms with van der Waals surface area (Å²) in [6, 6.07) is 11.3. The van der Waals surface area contributed by atoms with E-state index in [-0.39, 0.29) is 16.3 Å². The van der Waals surface area contributed by atoms with Gasteiger partial charge in [-0.05, 0) is 42.5 Å². The third-order valence-corrected chi connectivity index (χ3v) is 6.79. The van der Waals surface area contributed by atoms with Crippen LogP contribution in [-0.4, -0.2) is 53.8 Å². The highest BCUT2D eigenvalue weighted by atomic mass is 32.2. The lowest BCUT2D eigenvalue weighted by Gasteiger charge is -2.18. The van der Waals surface area contributed by atoms with Gasteiger partial charge in [-0.3, -0.25) is 9.36 Å². The first-order chi connectivity index (χ1) is 15.8. The zero-order valence-electron chi connectivity index (χ0n) is 18.1. The lowest BCUT2D eigenvalue weighted by Crippen LogP contribution is -2.30. The normalized spacial score (nSPS) is 11.4. The van der Waals surface area contributed by atoms with Crippen molar-refractivity contribution in [2.24, 2.45) is 0 Å². The largest absolute Gasteiger partial charge is 0.451 e. The molecule has 0 spiro atoms. The van der Waals surface area contributed by atoms with Crippen molar-refractivity contribution >= 4 is 27.6 Å². The summed E-state index contributed by atoms with van der Waals surface area (Å²) < 4.78 is 46.2. The van der Waals surface area contributed by atoms with Gasteiger partial charge in [-0.25, -0.2) is 22.6 Å². The first-order valence-corrected chi connectivity index (χ1v) is 11.6. The standard InChI is InChI=1S/C22H23FN4O5S/c1-3-26(4-2)33(30,31)19-7-5-6-17(12-19)25-21(28)14-32-22(29)20-13-24-15-27(20)18-10-8-16(23)9-11-18/h5-13,15H,3-4,14H2,1-2H3,(H,25,28). The van der Waals surface area contributed by atoms with E-state index >= 15 is 0 Å². The summed E-state index contributed by atoms with van der Waals surface area (Å²) in [5.41, 5.74) is 0.805. The molecule has 174 valence electrons. The Morgan fingerprint density at radius 3 is 2.48 bits per heavy atom. The molecule has 0 aliphatic carbocycles. The Labute approximate surface area is 190 Å². The molecule has 0 bridgehead atoms. The number of benzene rings is 2. The summed E-state index contributed by atoms with van der Waals surface area (Å²) in [7, 11) is -3.69. The molecule has 0 atom stereocenters. The minimum absolute atomic E-state index is 0.0456. The summed E-state index contributed by atoms with van der Waals surface area (Å²) in [6.07, 6.45) is 2.64. The Bertz CT molecular complexity index is 1240. The van der Waals surface area contributed by atoms with Crippen LogP contribution < -0.4 is 5.32 Å². The number of halogens is 1. The highest BCUT2D eigenvalue weighted by Crippen LogP contribution is 2.19. The van der Waals surface area contributed by atoms with Gasteiger partial charge in [0.15, 0.2) is 12.3 Å². The Morgan fingerprint density at radius 1 is 1.12 bits per heavy atom. The quantitative estimate of drug-likeness (QED) is 0.478. The van der Waals surface area contributed by atoms with Crippen LogP contribution in [0, 0.1) is 5.82 Å². The molecule has 1 N–H and O–H groups in total. The molecule has 0 saturated heterocycles. The van der Waals surface area contributed by atoms with Crippen LogP contribution in [-0.2, 0) is 19.6 Å². The van der Waals surface area contributed by atoms with E-state index in [2.05, 4.69) is 10.3 Å². The average Bonchev–Trinajstić information content (AvgIpc) is 3.29. The Kier molecular flexibility index (Phi) is 7.56. The summed E-state index contributed by atoms with van der Waals surface area (Å²) in [5.74, 6) is -1.87. The fourth-order valence-corrected chi connectivity index (χ4v) is 4.61. The Balaban J connectivity index is 1.65. The van der Waals surface area contributed by atoms with Crippen LogP contribution in [0.25, 0.3) is 5.69 Å². The van der Waals surface area contributed by atoms with Gasteiger partial charge in [0.1, 0.15) is 5.82 Å². The molecule has 3 rings (SSSR count). The third kappa shape index (κ3) is 5.62. The van der Waals surface area contributed by atoms with Crippen molar-refractivity contribution in [1.29, 1.82) is 0 Å². The molecule has 1 aromatic heterocycles. The summed E-state index contributed by atoms with van der Waals surface area (Å²) in [6.45, 7) is 3.52. The number of imidazole rings is 1. The van der Waals surface area contributed by atoms with E-state index in [9.17, 15) is 22.4 Å². The van der Waals surface area contributed by atoms with Crippen LogP contribution in [0.15, 0.2) is 66.0 Å². The van der Waals surface area contributed by atoms with Crippen LogP contribution in [0.2, 0.25) is 0 Å². The van der Waals surface area contributed by atoms with Gasteiger partial charge in [-0.2, -0.15) is 4.31 Å². The van der Waals surface area contributed by atoms with Gasteiger partial charge in [-0.1, -0.05) is 19.9 Å². The number of carbonyl (C=O) groups excluding carboxylic acids is 2. The number of sulfonamides is 1. The van der Waals surface area contributed by atoms with Gasteiger partial charge in [0.05, 0.1) is 17.4 Å². The van der Waals surface area contributed by atoms with Crippen molar-refractivity contribution in [1.82, 2.24) is 13.9 Å². The zero-order valence-corrected chi connectivity index (χ0v) is 18.9. The summed E-state index contributed by atoms with van der Waals surface area (Å²) >= 11 is 0. The van der Waals surface area contributed by atoms with E-state index < -0.39 is 34.3 Å². The molecule has 9 nitrogen and oxygen atoms in total. The number of nitrogens with zero attached hydrogens (tertiary/aromatic N) is 3. The molecule has 0 radical (unpaired) electrons. The minimum Gasteiger partial charge on any atom is -0.451 e. The number of nitrogens with one attached hydrogen (secondary N) is 1. The van der Waals surface area contributed by atoms with E-state index in [1.165, 1.54) is 69.9 Å². The smallest absolute Gasteiger partial charge is 0.357 e. The van der Waals surface area contributed by atoms with Crippen molar-refractivity contribution in [2.75, 3.05) is 25.0 Å². The van der Waals surface area contributed by atoms with E-state index in [1.54, 1.807) is 13.8 Å². The summed E-state index contributed by atoms with van der Waals surface area (Å²) in [4.78, 5) is 28.7. The maximum atomic E-state index is 13.1. The van der Waals surface area contributed by atoms with Crippen molar-refractivity contribution in [2.45, 2.75) is 18.7 Å². The predicted molar refractivity (Wildman–Crippen MR) is 119 cm³/mol. The number of rotatable bonds is 9. The number of hydrogen-bond acceptors (Lipinski definition) is 6. The van der Waals surface area contributed by atoms with Crippen molar-refractivity contribution in [3.63, 3.8) is 0 Å². The Hall–Kier alpha value is -3.57. The second-order valence-corrected chi connectivity index (χ2v) is 8.80. The highest BCUT2D eigenvalue weighted by molar-refractivity contribution is 7.89. The molecule has 0 fully saturated rings. The fourth-order valence-electron chi connectivity index (χ4n) is 3.10. The van der Waals surface area contributed by atoms with Crippen molar-refractivity contribution in [3.8, 4) is 5.69 Å². The number of amides is 1. The zero-order chi connectivity index (χ0) is 24.0. The van der Waals surface area contributed by atoms with Crippen molar-refractivity contribution < 1.29 is 27.1 Å². The number of hydrogen-bond donors (Lipinski definition) is 1. The lowest BCUT2D eigenvalue weighted by atomic mass is 10.3. The lowest BCUT2D eigenvalue weighted by molar-refractivity contribution is -0.119. The van der Waals surface area contributed by atoms with E-state index in [4.69, 9.17) is 4.74 Å². The second-order valence-electron chi connectivity index (χ2n) is 6.87. The molecule has 3 aromatic rings. The molecular formula is C22H23FN4O5S. The van der Waals surface area contributed by atoms with Crippen LogP contribution >= 0.6 is 0 Å². The molecule has 1 amide bonds. The van der Waals surface area contributed by atoms with Gasteiger partial charge in [0, 0.05) is 24.5 Å². The minimum atomic E-state index is -3.69. The number of carbonyl (C=O) groups is 2. The molecule has 0 unspecified atom stereocenters. The molecule has 11 heteroatoms. The molecular weight excluding hydrogens is 451 g/mol. The fraction of sp³-hybridized carbons (Fsp3) is 0.227. The van der Waals surface area contributed by atoms with Crippen LogP contribution in [0.4, 0.5) is 10.1 Å². The highest BCUT2D eigenvalue weighted by Gasteiger charge is 2.22. The molecule has 0 aliphatic rings. The molecule has 1 heterocycles. The number of esters is 1. The van der Waals surface area contributed by atoms with Gasteiger partial charge < -0.3 is 10.1 Å². The predicted octanol–water partition coefficient (Wildman–Crippen LogP) is 2.84. The van der Waals surface area contributed by atoms with Crippen LogP contribution in [0.1, 0.15) is 24.3 Å². The van der Waals surface area contributed by atoms with E-state index in [0.717, 1.165) is 0 Å². The number of aromatic nitrogens is 2. The first kappa shape index (κ1) is 24.1. The van der Waals surface area contributed by atoms with Gasteiger partial charge in [0.2, 0.25) is 10.0 Å². The monoisotopic (exact) mass is 474 g/mol. The van der Waals surface area contributed by atoms with Gasteiger partial charge >= 0.3 is 5.97 Å². The molecule has 0 saturated carbocycles. The van der Waals surface area contributed by atoms with Crippen molar-refractivity contribution in [3.05, 3.63) is 72.6 Å². The SMILES string of the molecule is CCN(CC)S(=O)(=O)c1cccc(NC(=O)COC(=O)c2cncn2-c2ccc(F)cc2)c1. The van der Waals surface area contributed by atoms with E-state index in [1.807, 2.05) is 0 Å². The summed E-state index contributed by atoms with van der Waals surface area (Å²) in [5, 5.41) is 2.52. The number of ether oxygens (including phenoxy) is 1. The molecule has 33 heavy (non-hydrogen) atoms. The molecule has 2 aromatic carbocycles. The topological polar surface area (TPSA) is 111 Å². The van der Waals surface area contributed by atoms with Crippen LogP contribution in [0.3, 0.4) is 0 Å². The van der Waals surface area contributed by atoms with Gasteiger partial charge in [0.25, 0.3) is 5.91 Å². The van der Waals surface area contributed by atoms with E-state index in [0.29, 0.717) is 18.8 Å². The molecule has 0 aliphatic heterocycles. The van der Waals surface area contributed by atoms with Gasteiger partial charge in [-0.15, -0.1) is 0 Å².